The summed E-state index contributed by atoms with van der Waals surface area (Å²) in [6.07, 6.45) is -2.94. The zero-order valence-electron chi connectivity index (χ0n) is 16.3. The minimum absolute atomic E-state index is 0.397. The Balaban J connectivity index is 1.53. The van der Waals surface area contributed by atoms with Gasteiger partial charge in [0.25, 0.3) is 0 Å². The van der Waals surface area contributed by atoms with Crippen LogP contribution in [0.5, 0.6) is 5.75 Å². The predicted octanol–water partition coefficient (Wildman–Crippen LogP) is 3.19. The maximum absolute atomic E-state index is 11.0. The molecule has 5 atom stereocenters. The van der Waals surface area contributed by atoms with Gasteiger partial charge in [-0.2, -0.15) is 0 Å². The summed E-state index contributed by atoms with van der Waals surface area (Å²) in [6.45, 7) is 4.09. The Hall–Kier alpha value is -1.96. The SMILES string of the molecule is COc1ccc([C@H](O)[C@H]2O[C@@H]3OC(C)(C)O[C@@H]3[C@H]2OCc2ccccc2)cc1. The number of rotatable bonds is 6. The van der Waals surface area contributed by atoms with E-state index >= 15 is 0 Å². The summed E-state index contributed by atoms with van der Waals surface area (Å²) < 4.78 is 29.3. The van der Waals surface area contributed by atoms with Crippen molar-refractivity contribution < 1.29 is 28.8 Å². The third-order valence-corrected chi connectivity index (χ3v) is 5.08. The molecule has 0 radical (unpaired) electrons. The van der Waals surface area contributed by atoms with E-state index in [-0.39, 0.29) is 0 Å². The van der Waals surface area contributed by atoms with E-state index in [9.17, 15) is 5.11 Å². The normalized spacial score (nSPS) is 29.4. The molecule has 2 aliphatic rings. The van der Waals surface area contributed by atoms with Crippen molar-refractivity contribution in [3.8, 4) is 5.75 Å². The first-order chi connectivity index (χ1) is 13.5. The lowest BCUT2D eigenvalue weighted by Crippen LogP contribution is -2.39. The summed E-state index contributed by atoms with van der Waals surface area (Å²) in [5.74, 6) is -0.0230. The third kappa shape index (κ3) is 3.92. The Morgan fingerprint density at radius 2 is 1.75 bits per heavy atom. The van der Waals surface area contributed by atoms with Gasteiger partial charge in [-0.05, 0) is 37.1 Å². The molecule has 2 fully saturated rings. The van der Waals surface area contributed by atoms with Crippen molar-refractivity contribution in [1.82, 2.24) is 0 Å². The molecule has 2 aromatic carbocycles. The van der Waals surface area contributed by atoms with Crippen LogP contribution in [0.3, 0.4) is 0 Å². The Labute approximate surface area is 164 Å². The van der Waals surface area contributed by atoms with Gasteiger partial charge in [0.1, 0.15) is 30.2 Å². The van der Waals surface area contributed by atoms with Crippen molar-refractivity contribution in [2.45, 2.75) is 56.9 Å². The lowest BCUT2D eigenvalue weighted by atomic mass is 9.99. The molecule has 0 aliphatic carbocycles. The minimum Gasteiger partial charge on any atom is -0.497 e. The van der Waals surface area contributed by atoms with Gasteiger partial charge < -0.3 is 28.8 Å². The van der Waals surface area contributed by atoms with Crippen molar-refractivity contribution in [1.29, 1.82) is 0 Å². The highest BCUT2D eigenvalue weighted by Crippen LogP contribution is 2.42. The molecule has 0 saturated carbocycles. The second-order valence-electron chi connectivity index (χ2n) is 7.55. The van der Waals surface area contributed by atoms with Crippen molar-refractivity contribution in [3.05, 3.63) is 65.7 Å². The van der Waals surface area contributed by atoms with Crippen LogP contribution in [0.1, 0.15) is 31.1 Å². The van der Waals surface area contributed by atoms with E-state index in [0.29, 0.717) is 6.61 Å². The minimum atomic E-state index is -0.882. The molecule has 0 spiro atoms. The topological polar surface area (TPSA) is 66.4 Å². The standard InChI is InChI=1S/C22H26O6/c1-22(2)27-20-19(25-13-14-7-5-4-6-8-14)18(26-21(20)28-22)17(23)15-9-11-16(24-3)12-10-15/h4-12,17-21,23H,13H2,1-3H3/t17-,18+,19-,20+,21+/m0/s1. The van der Waals surface area contributed by atoms with Gasteiger partial charge in [0, 0.05) is 0 Å². The van der Waals surface area contributed by atoms with Gasteiger partial charge in [-0.15, -0.1) is 0 Å². The zero-order valence-corrected chi connectivity index (χ0v) is 16.3. The number of aliphatic hydroxyl groups is 1. The van der Waals surface area contributed by atoms with Crippen LogP contribution < -0.4 is 4.74 Å². The average Bonchev–Trinajstić information content (AvgIpc) is 3.18. The van der Waals surface area contributed by atoms with E-state index in [1.807, 2.05) is 68.4 Å². The van der Waals surface area contributed by atoms with E-state index in [1.165, 1.54) is 0 Å². The van der Waals surface area contributed by atoms with Gasteiger partial charge in [0.2, 0.25) is 0 Å². The summed E-state index contributed by atoms with van der Waals surface area (Å²) in [5, 5.41) is 11.0. The molecule has 0 aromatic heterocycles. The van der Waals surface area contributed by atoms with E-state index in [4.69, 9.17) is 23.7 Å². The lowest BCUT2D eigenvalue weighted by molar-refractivity contribution is -0.231. The highest BCUT2D eigenvalue weighted by atomic mass is 16.8. The Morgan fingerprint density at radius 1 is 1.04 bits per heavy atom. The molecule has 2 aromatic rings. The molecule has 2 heterocycles. The van der Waals surface area contributed by atoms with Gasteiger partial charge in [-0.3, -0.25) is 0 Å². The molecule has 2 aliphatic heterocycles. The first-order valence-corrected chi connectivity index (χ1v) is 9.45. The van der Waals surface area contributed by atoms with Gasteiger partial charge in [0.15, 0.2) is 12.1 Å². The molecule has 0 bridgehead atoms. The zero-order chi connectivity index (χ0) is 19.7. The lowest BCUT2D eigenvalue weighted by Gasteiger charge is -2.29. The summed E-state index contributed by atoms with van der Waals surface area (Å²) >= 11 is 0. The molecule has 0 amide bonds. The summed E-state index contributed by atoms with van der Waals surface area (Å²) in [5.41, 5.74) is 1.76. The molecule has 0 unspecified atom stereocenters. The van der Waals surface area contributed by atoms with Crippen LogP contribution in [-0.4, -0.2) is 42.6 Å². The largest absolute Gasteiger partial charge is 0.497 e. The van der Waals surface area contributed by atoms with Gasteiger partial charge in [0.05, 0.1) is 13.7 Å². The van der Waals surface area contributed by atoms with E-state index < -0.39 is 36.5 Å². The fourth-order valence-corrected chi connectivity index (χ4v) is 3.71. The maximum atomic E-state index is 11.0. The van der Waals surface area contributed by atoms with Crippen LogP contribution in [0.2, 0.25) is 0 Å². The summed E-state index contributed by atoms with van der Waals surface area (Å²) in [7, 11) is 1.61. The van der Waals surface area contributed by atoms with E-state index in [0.717, 1.165) is 16.9 Å². The molecule has 4 rings (SSSR count). The molecule has 2 saturated heterocycles. The molecule has 6 nitrogen and oxygen atoms in total. The first-order valence-electron chi connectivity index (χ1n) is 9.45. The summed E-state index contributed by atoms with van der Waals surface area (Å²) in [4.78, 5) is 0. The van der Waals surface area contributed by atoms with Crippen molar-refractivity contribution in [2.75, 3.05) is 7.11 Å². The maximum Gasteiger partial charge on any atom is 0.190 e. The van der Waals surface area contributed by atoms with Crippen molar-refractivity contribution >= 4 is 0 Å². The molecular formula is C22H26O6. The number of methoxy groups -OCH3 is 1. The van der Waals surface area contributed by atoms with Crippen molar-refractivity contribution in [2.24, 2.45) is 0 Å². The number of benzene rings is 2. The van der Waals surface area contributed by atoms with Crippen LogP contribution in [0, 0.1) is 0 Å². The van der Waals surface area contributed by atoms with Crippen LogP contribution in [-0.2, 0) is 25.6 Å². The number of hydrogen-bond donors (Lipinski definition) is 1. The molecule has 1 N–H and O–H groups in total. The fraction of sp³-hybridized carbons (Fsp3) is 0.455. The number of fused-ring (bicyclic) bond motifs is 1. The van der Waals surface area contributed by atoms with Crippen LogP contribution >= 0.6 is 0 Å². The highest BCUT2D eigenvalue weighted by molar-refractivity contribution is 5.29. The highest BCUT2D eigenvalue weighted by Gasteiger charge is 2.57. The van der Waals surface area contributed by atoms with E-state index in [1.54, 1.807) is 7.11 Å². The van der Waals surface area contributed by atoms with Crippen LogP contribution in [0.15, 0.2) is 54.6 Å². The average molecular weight is 386 g/mol. The monoisotopic (exact) mass is 386 g/mol. The van der Waals surface area contributed by atoms with Crippen molar-refractivity contribution in [3.63, 3.8) is 0 Å². The van der Waals surface area contributed by atoms with Gasteiger partial charge >= 0.3 is 0 Å². The van der Waals surface area contributed by atoms with Crippen LogP contribution in [0.4, 0.5) is 0 Å². The molecule has 150 valence electrons. The Kier molecular flexibility index (Phi) is 5.40. The van der Waals surface area contributed by atoms with E-state index in [2.05, 4.69) is 0 Å². The Bertz CT molecular complexity index is 775. The third-order valence-electron chi connectivity index (χ3n) is 5.08. The quantitative estimate of drug-likeness (QED) is 0.823. The number of hydrogen-bond acceptors (Lipinski definition) is 6. The second kappa shape index (κ2) is 7.81. The van der Waals surface area contributed by atoms with Gasteiger partial charge in [-0.25, -0.2) is 0 Å². The Morgan fingerprint density at radius 3 is 2.43 bits per heavy atom. The fourth-order valence-electron chi connectivity index (χ4n) is 3.71. The number of ether oxygens (including phenoxy) is 5. The van der Waals surface area contributed by atoms with Gasteiger partial charge in [-0.1, -0.05) is 42.5 Å². The molecule has 28 heavy (non-hydrogen) atoms. The predicted molar refractivity (Wildman–Crippen MR) is 102 cm³/mol. The molecular weight excluding hydrogens is 360 g/mol. The summed E-state index contributed by atoms with van der Waals surface area (Å²) in [6, 6.07) is 17.2. The second-order valence-corrected chi connectivity index (χ2v) is 7.55. The smallest absolute Gasteiger partial charge is 0.190 e. The first kappa shape index (κ1) is 19.4. The number of aliphatic hydroxyl groups excluding tert-OH is 1. The molecule has 6 heteroatoms. The van der Waals surface area contributed by atoms with Crippen LogP contribution in [0.25, 0.3) is 0 Å².